The molecule has 0 saturated carbocycles. The summed E-state index contributed by atoms with van der Waals surface area (Å²) in [6.07, 6.45) is 0.161. The van der Waals surface area contributed by atoms with Crippen LogP contribution in [0.3, 0.4) is 0 Å². The lowest BCUT2D eigenvalue weighted by Gasteiger charge is -2.39. The smallest absolute Gasteiger partial charge is 0.408 e. The SMILES string of the molecule is Cc1cccc(C)c1NC(=O)C(c1ccccc1O)N(C(=O)C(CCC(N)=O)NC(=O)OC(C)(C)C)C(C)CCC(C)C. The zero-order chi connectivity index (χ0) is 32.5. The van der Waals surface area contributed by atoms with E-state index >= 15 is 0 Å². The third-order valence-electron chi connectivity index (χ3n) is 7.05. The highest BCUT2D eigenvalue weighted by Gasteiger charge is 2.40. The van der Waals surface area contributed by atoms with Crippen LogP contribution in [0.4, 0.5) is 10.5 Å². The first-order valence-electron chi connectivity index (χ1n) is 14.8. The molecule has 10 heteroatoms. The van der Waals surface area contributed by atoms with Gasteiger partial charge in [-0.05, 0) is 83.9 Å². The number of benzene rings is 2. The van der Waals surface area contributed by atoms with Crippen molar-refractivity contribution in [1.29, 1.82) is 0 Å². The Bertz CT molecular complexity index is 1270. The summed E-state index contributed by atoms with van der Waals surface area (Å²) in [6.45, 7) is 14.8. The Balaban J connectivity index is 2.69. The van der Waals surface area contributed by atoms with E-state index < -0.39 is 47.5 Å². The Morgan fingerprint density at radius 3 is 2.07 bits per heavy atom. The molecular weight excluding hydrogens is 548 g/mol. The number of nitrogens with two attached hydrogens (primary N) is 1. The number of rotatable bonds is 13. The van der Waals surface area contributed by atoms with Gasteiger partial charge in [-0.15, -0.1) is 0 Å². The van der Waals surface area contributed by atoms with E-state index in [2.05, 4.69) is 24.5 Å². The third kappa shape index (κ3) is 10.6. The van der Waals surface area contributed by atoms with Crippen LogP contribution in [0.25, 0.3) is 0 Å². The first kappa shape index (κ1) is 35.1. The number of ether oxygens (including phenoxy) is 1. The quantitative estimate of drug-likeness (QED) is 0.240. The van der Waals surface area contributed by atoms with E-state index in [0.29, 0.717) is 18.0 Å². The monoisotopic (exact) mass is 596 g/mol. The summed E-state index contributed by atoms with van der Waals surface area (Å²) in [7, 11) is 0. The number of phenolic OH excluding ortho intramolecular Hbond substituents is 1. The molecule has 10 nitrogen and oxygen atoms in total. The van der Waals surface area contributed by atoms with E-state index in [9.17, 15) is 24.3 Å². The van der Waals surface area contributed by atoms with Gasteiger partial charge in [-0.1, -0.05) is 50.2 Å². The molecule has 236 valence electrons. The zero-order valence-electron chi connectivity index (χ0n) is 26.7. The fourth-order valence-electron chi connectivity index (χ4n) is 4.83. The Labute approximate surface area is 255 Å². The van der Waals surface area contributed by atoms with E-state index in [1.54, 1.807) is 39.0 Å². The van der Waals surface area contributed by atoms with E-state index in [0.717, 1.165) is 17.5 Å². The minimum absolute atomic E-state index is 0.104. The predicted octanol–water partition coefficient (Wildman–Crippen LogP) is 5.50. The predicted molar refractivity (Wildman–Crippen MR) is 167 cm³/mol. The number of amides is 4. The molecule has 5 N–H and O–H groups in total. The number of primary amides is 1. The second kappa shape index (κ2) is 15.4. The summed E-state index contributed by atoms with van der Waals surface area (Å²) in [5.41, 5.74) is 7.08. The highest BCUT2D eigenvalue weighted by Crippen LogP contribution is 2.34. The summed E-state index contributed by atoms with van der Waals surface area (Å²) in [5.74, 6) is -1.63. The van der Waals surface area contributed by atoms with Crippen molar-refractivity contribution in [2.45, 2.75) is 105 Å². The lowest BCUT2D eigenvalue weighted by molar-refractivity contribution is -0.143. The van der Waals surface area contributed by atoms with Crippen molar-refractivity contribution >= 4 is 29.5 Å². The molecule has 0 aliphatic rings. The second-order valence-corrected chi connectivity index (χ2v) is 12.5. The van der Waals surface area contributed by atoms with Gasteiger partial charge in [0, 0.05) is 23.7 Å². The van der Waals surface area contributed by atoms with Gasteiger partial charge in [-0.2, -0.15) is 0 Å². The molecule has 0 spiro atoms. The molecule has 2 aromatic rings. The number of hydrogen-bond acceptors (Lipinski definition) is 6. The maximum Gasteiger partial charge on any atom is 0.408 e. The number of carbonyl (C=O) groups is 4. The normalized spacial score (nSPS) is 13.5. The van der Waals surface area contributed by atoms with Crippen LogP contribution in [0.2, 0.25) is 0 Å². The first-order chi connectivity index (χ1) is 20.0. The molecule has 3 atom stereocenters. The molecule has 2 rings (SSSR count). The van der Waals surface area contributed by atoms with Crippen LogP contribution in [0.5, 0.6) is 5.75 Å². The van der Waals surface area contributed by atoms with Crippen molar-refractivity contribution in [3.05, 3.63) is 59.2 Å². The van der Waals surface area contributed by atoms with Crippen LogP contribution in [-0.2, 0) is 19.1 Å². The zero-order valence-corrected chi connectivity index (χ0v) is 26.7. The average Bonchev–Trinajstić information content (AvgIpc) is 2.89. The summed E-state index contributed by atoms with van der Waals surface area (Å²) < 4.78 is 5.41. The van der Waals surface area contributed by atoms with E-state index in [1.807, 2.05) is 39.0 Å². The van der Waals surface area contributed by atoms with Gasteiger partial charge in [-0.3, -0.25) is 14.4 Å². The number of aryl methyl sites for hydroxylation is 2. The van der Waals surface area contributed by atoms with E-state index in [-0.39, 0.29) is 24.2 Å². The summed E-state index contributed by atoms with van der Waals surface area (Å²) in [4.78, 5) is 54.7. The number of anilines is 1. The Morgan fingerprint density at radius 2 is 1.53 bits per heavy atom. The maximum atomic E-state index is 14.5. The molecule has 4 amide bonds. The molecule has 3 unspecified atom stereocenters. The minimum Gasteiger partial charge on any atom is -0.508 e. The maximum absolute atomic E-state index is 14.5. The Hall–Kier alpha value is -4.08. The van der Waals surface area contributed by atoms with Gasteiger partial charge in [-0.25, -0.2) is 4.79 Å². The highest BCUT2D eigenvalue weighted by molar-refractivity contribution is 6.00. The topological polar surface area (TPSA) is 151 Å². The van der Waals surface area contributed by atoms with Crippen molar-refractivity contribution in [3.63, 3.8) is 0 Å². The van der Waals surface area contributed by atoms with Gasteiger partial charge in [0.15, 0.2) is 0 Å². The molecule has 0 aromatic heterocycles. The van der Waals surface area contributed by atoms with Gasteiger partial charge >= 0.3 is 6.09 Å². The number of nitrogens with one attached hydrogen (secondary N) is 2. The van der Waals surface area contributed by atoms with Gasteiger partial charge in [0.25, 0.3) is 5.91 Å². The van der Waals surface area contributed by atoms with E-state index in [4.69, 9.17) is 10.5 Å². The van der Waals surface area contributed by atoms with Gasteiger partial charge in [0.05, 0.1) is 0 Å². The molecule has 0 heterocycles. The lowest BCUT2D eigenvalue weighted by atomic mass is 9.95. The second-order valence-electron chi connectivity index (χ2n) is 12.5. The molecule has 0 radical (unpaired) electrons. The minimum atomic E-state index is -1.27. The number of carbonyl (C=O) groups excluding carboxylic acids is 4. The Morgan fingerprint density at radius 1 is 0.930 bits per heavy atom. The number of hydrogen-bond donors (Lipinski definition) is 4. The third-order valence-corrected chi connectivity index (χ3v) is 7.05. The Kier molecular flexibility index (Phi) is 12.6. The largest absolute Gasteiger partial charge is 0.508 e. The van der Waals surface area contributed by atoms with E-state index in [1.165, 1.54) is 11.0 Å². The number of aromatic hydroxyl groups is 1. The standard InChI is InChI=1S/C33H48N4O6/c1-20(2)16-17-23(5)37(31(41)25(18-19-27(34)39)35-32(42)43-33(6,7)8)29(24-14-9-10-15-26(24)38)30(40)36-28-21(3)12-11-13-22(28)4/h9-15,20,23,25,29,38H,16-19H2,1-8H3,(H2,34,39)(H,35,42)(H,36,40). The molecule has 0 aliphatic carbocycles. The summed E-state index contributed by atoms with van der Waals surface area (Å²) in [5, 5.41) is 16.5. The van der Waals surface area contributed by atoms with Crippen LogP contribution < -0.4 is 16.4 Å². The van der Waals surface area contributed by atoms with Crippen molar-refractivity contribution in [2.75, 3.05) is 5.32 Å². The number of para-hydroxylation sites is 2. The van der Waals surface area contributed by atoms with Crippen LogP contribution in [0, 0.1) is 19.8 Å². The molecule has 43 heavy (non-hydrogen) atoms. The average molecular weight is 597 g/mol. The highest BCUT2D eigenvalue weighted by atomic mass is 16.6. The number of nitrogens with zero attached hydrogens (tertiary/aromatic N) is 1. The van der Waals surface area contributed by atoms with Crippen LogP contribution in [0.1, 0.15) is 90.0 Å². The van der Waals surface area contributed by atoms with Crippen molar-refractivity contribution in [3.8, 4) is 5.75 Å². The van der Waals surface area contributed by atoms with Gasteiger partial charge in [0.2, 0.25) is 11.8 Å². The lowest BCUT2D eigenvalue weighted by Crippen LogP contribution is -2.55. The molecule has 0 fully saturated rings. The molecule has 0 aliphatic heterocycles. The van der Waals surface area contributed by atoms with Crippen molar-refractivity contribution in [2.24, 2.45) is 11.7 Å². The summed E-state index contributed by atoms with van der Waals surface area (Å²) >= 11 is 0. The molecular formula is C33H48N4O6. The fourth-order valence-corrected chi connectivity index (χ4v) is 4.83. The summed E-state index contributed by atoms with van der Waals surface area (Å²) in [6, 6.07) is 8.99. The van der Waals surface area contributed by atoms with Gasteiger partial charge < -0.3 is 31.1 Å². The molecule has 0 bridgehead atoms. The number of phenols is 1. The molecule has 0 saturated heterocycles. The first-order valence-corrected chi connectivity index (χ1v) is 14.8. The molecule has 2 aromatic carbocycles. The van der Waals surface area contributed by atoms with Crippen LogP contribution in [-0.4, -0.2) is 51.5 Å². The van der Waals surface area contributed by atoms with Crippen LogP contribution >= 0.6 is 0 Å². The fraction of sp³-hybridized carbons (Fsp3) is 0.515. The van der Waals surface area contributed by atoms with Crippen molar-refractivity contribution in [1.82, 2.24) is 10.2 Å². The van der Waals surface area contributed by atoms with Crippen molar-refractivity contribution < 1.29 is 29.0 Å². The van der Waals surface area contributed by atoms with Gasteiger partial charge in [0.1, 0.15) is 23.4 Å². The van der Waals surface area contributed by atoms with Crippen LogP contribution in [0.15, 0.2) is 42.5 Å². The number of alkyl carbamates (subject to hydrolysis) is 1.